The van der Waals surface area contributed by atoms with E-state index in [1.807, 2.05) is 6.07 Å². The molecule has 1 aromatic carbocycles. The summed E-state index contributed by atoms with van der Waals surface area (Å²) in [7, 11) is 0. The van der Waals surface area contributed by atoms with Crippen LogP contribution < -0.4 is 5.73 Å². The maximum absolute atomic E-state index is 8.90. The van der Waals surface area contributed by atoms with Gasteiger partial charge in [-0.05, 0) is 29.7 Å². The van der Waals surface area contributed by atoms with Gasteiger partial charge in [-0.2, -0.15) is 0 Å². The highest BCUT2D eigenvalue weighted by Gasteiger charge is 2.17. The van der Waals surface area contributed by atoms with Crippen molar-refractivity contribution in [1.82, 2.24) is 4.90 Å². The molecule has 0 aromatic heterocycles. The van der Waals surface area contributed by atoms with Crippen LogP contribution in [0.15, 0.2) is 16.6 Å². The summed E-state index contributed by atoms with van der Waals surface area (Å²) in [6, 6.07) is 4.08. The number of benzene rings is 1. The summed E-state index contributed by atoms with van der Waals surface area (Å²) in [4.78, 5) is 2.24. The number of aliphatic hydroxyl groups excluding tert-OH is 1. The molecule has 0 radical (unpaired) electrons. The molecular formula is C11H15BrN2O. The van der Waals surface area contributed by atoms with Gasteiger partial charge in [-0.15, -0.1) is 0 Å². The summed E-state index contributed by atoms with van der Waals surface area (Å²) in [5, 5.41) is 8.90. The van der Waals surface area contributed by atoms with E-state index in [1.165, 1.54) is 11.1 Å². The van der Waals surface area contributed by atoms with E-state index in [9.17, 15) is 0 Å². The Balaban J connectivity index is 2.25. The zero-order chi connectivity index (χ0) is 10.8. The number of anilines is 1. The van der Waals surface area contributed by atoms with Gasteiger partial charge in [0.1, 0.15) is 0 Å². The maximum atomic E-state index is 8.90. The smallest absolute Gasteiger partial charge is 0.0558 e. The molecule has 0 atom stereocenters. The predicted molar refractivity (Wildman–Crippen MR) is 64.6 cm³/mol. The van der Waals surface area contributed by atoms with Crippen molar-refractivity contribution < 1.29 is 5.11 Å². The van der Waals surface area contributed by atoms with Crippen molar-refractivity contribution in [2.75, 3.05) is 25.4 Å². The van der Waals surface area contributed by atoms with E-state index in [1.54, 1.807) is 0 Å². The van der Waals surface area contributed by atoms with Crippen LogP contribution in [0.4, 0.5) is 5.69 Å². The highest BCUT2D eigenvalue weighted by molar-refractivity contribution is 9.10. The molecule has 3 N–H and O–H groups in total. The number of nitrogen functional groups attached to an aromatic ring is 1. The molecule has 0 unspecified atom stereocenters. The van der Waals surface area contributed by atoms with Crippen molar-refractivity contribution in [2.45, 2.75) is 13.0 Å². The van der Waals surface area contributed by atoms with Crippen LogP contribution in [0.1, 0.15) is 11.1 Å². The first-order valence-corrected chi connectivity index (χ1v) is 5.90. The van der Waals surface area contributed by atoms with Crippen molar-refractivity contribution in [3.05, 3.63) is 27.7 Å². The molecule has 0 saturated carbocycles. The number of fused-ring (bicyclic) bond motifs is 1. The predicted octanol–water partition coefficient (Wildman–Crippen LogP) is 1.38. The second-order valence-electron chi connectivity index (χ2n) is 3.88. The molecule has 2 rings (SSSR count). The van der Waals surface area contributed by atoms with E-state index in [0.717, 1.165) is 36.2 Å². The standard InChI is InChI=1S/C11H15BrN2O/c12-9-5-8-7-14(3-4-15)2-1-10(8)11(13)6-9/h5-6,15H,1-4,7,13H2. The molecule has 0 fully saturated rings. The van der Waals surface area contributed by atoms with Gasteiger partial charge in [-0.1, -0.05) is 15.9 Å². The van der Waals surface area contributed by atoms with Gasteiger partial charge in [-0.3, -0.25) is 4.90 Å². The molecule has 1 aromatic rings. The lowest BCUT2D eigenvalue weighted by Crippen LogP contribution is -2.33. The van der Waals surface area contributed by atoms with E-state index in [4.69, 9.17) is 10.8 Å². The number of rotatable bonds is 2. The van der Waals surface area contributed by atoms with E-state index in [0.29, 0.717) is 0 Å². The zero-order valence-corrected chi connectivity index (χ0v) is 10.1. The fraction of sp³-hybridized carbons (Fsp3) is 0.455. The van der Waals surface area contributed by atoms with Crippen LogP contribution in [-0.2, 0) is 13.0 Å². The Morgan fingerprint density at radius 3 is 3.00 bits per heavy atom. The monoisotopic (exact) mass is 270 g/mol. The lowest BCUT2D eigenvalue weighted by atomic mass is 9.98. The molecule has 1 heterocycles. The van der Waals surface area contributed by atoms with Gasteiger partial charge >= 0.3 is 0 Å². The lowest BCUT2D eigenvalue weighted by Gasteiger charge is -2.29. The number of aliphatic hydroxyl groups is 1. The highest BCUT2D eigenvalue weighted by atomic mass is 79.9. The van der Waals surface area contributed by atoms with Gasteiger partial charge in [-0.25, -0.2) is 0 Å². The normalized spacial score (nSPS) is 16.4. The Kier molecular flexibility index (Phi) is 3.29. The minimum Gasteiger partial charge on any atom is -0.398 e. The molecule has 15 heavy (non-hydrogen) atoms. The van der Waals surface area contributed by atoms with E-state index < -0.39 is 0 Å². The SMILES string of the molecule is Nc1cc(Br)cc2c1CCN(CCO)C2. The molecular weight excluding hydrogens is 256 g/mol. The first kappa shape index (κ1) is 10.9. The van der Waals surface area contributed by atoms with Crippen LogP contribution >= 0.6 is 15.9 Å². The molecule has 0 amide bonds. The summed E-state index contributed by atoms with van der Waals surface area (Å²) in [6.07, 6.45) is 0.981. The molecule has 0 aliphatic carbocycles. The molecule has 0 spiro atoms. The van der Waals surface area contributed by atoms with Crippen molar-refractivity contribution >= 4 is 21.6 Å². The largest absolute Gasteiger partial charge is 0.398 e. The Labute approximate surface area is 98.0 Å². The highest BCUT2D eigenvalue weighted by Crippen LogP contribution is 2.28. The van der Waals surface area contributed by atoms with Gasteiger partial charge in [0.25, 0.3) is 0 Å². The average Bonchev–Trinajstić information content (AvgIpc) is 2.17. The van der Waals surface area contributed by atoms with Crippen molar-refractivity contribution in [2.24, 2.45) is 0 Å². The lowest BCUT2D eigenvalue weighted by molar-refractivity contribution is 0.184. The Morgan fingerprint density at radius 1 is 1.47 bits per heavy atom. The summed E-state index contributed by atoms with van der Waals surface area (Å²) >= 11 is 3.45. The fourth-order valence-electron chi connectivity index (χ4n) is 2.08. The number of nitrogens with zero attached hydrogens (tertiary/aromatic N) is 1. The van der Waals surface area contributed by atoms with Gasteiger partial charge in [0.2, 0.25) is 0 Å². The van der Waals surface area contributed by atoms with Crippen molar-refractivity contribution in [1.29, 1.82) is 0 Å². The van der Waals surface area contributed by atoms with Crippen LogP contribution in [0, 0.1) is 0 Å². The van der Waals surface area contributed by atoms with Crippen LogP contribution in [0.2, 0.25) is 0 Å². The Hall–Kier alpha value is -0.580. The molecule has 1 aliphatic heterocycles. The fourth-order valence-corrected chi connectivity index (χ4v) is 2.61. The number of halogens is 1. The number of nitrogens with two attached hydrogens (primary N) is 1. The third-order valence-corrected chi connectivity index (χ3v) is 3.29. The quantitative estimate of drug-likeness (QED) is 0.799. The number of hydrogen-bond acceptors (Lipinski definition) is 3. The topological polar surface area (TPSA) is 49.5 Å². The van der Waals surface area contributed by atoms with E-state index in [2.05, 4.69) is 26.9 Å². The average molecular weight is 271 g/mol. The van der Waals surface area contributed by atoms with Crippen LogP contribution in [0.25, 0.3) is 0 Å². The first-order valence-electron chi connectivity index (χ1n) is 5.10. The van der Waals surface area contributed by atoms with Gasteiger partial charge < -0.3 is 10.8 Å². The van der Waals surface area contributed by atoms with Crippen LogP contribution in [-0.4, -0.2) is 29.7 Å². The summed E-state index contributed by atoms with van der Waals surface area (Å²) in [5.41, 5.74) is 9.39. The summed E-state index contributed by atoms with van der Waals surface area (Å²) in [6.45, 7) is 2.84. The van der Waals surface area contributed by atoms with Crippen molar-refractivity contribution in [3.63, 3.8) is 0 Å². The second-order valence-corrected chi connectivity index (χ2v) is 4.80. The summed E-state index contributed by atoms with van der Waals surface area (Å²) < 4.78 is 1.03. The minimum atomic E-state index is 0.221. The van der Waals surface area contributed by atoms with Crippen LogP contribution in [0.3, 0.4) is 0 Å². The van der Waals surface area contributed by atoms with Gasteiger partial charge in [0.05, 0.1) is 6.61 Å². The zero-order valence-electron chi connectivity index (χ0n) is 8.54. The van der Waals surface area contributed by atoms with Gasteiger partial charge in [0, 0.05) is 29.8 Å². The molecule has 82 valence electrons. The maximum Gasteiger partial charge on any atom is 0.0558 e. The van der Waals surface area contributed by atoms with Gasteiger partial charge in [0.15, 0.2) is 0 Å². The minimum absolute atomic E-state index is 0.221. The molecule has 4 heteroatoms. The summed E-state index contributed by atoms with van der Waals surface area (Å²) in [5.74, 6) is 0. The Bertz CT molecular complexity index is 368. The molecule has 1 aliphatic rings. The second kappa shape index (κ2) is 4.51. The first-order chi connectivity index (χ1) is 7.20. The molecule has 0 saturated heterocycles. The Morgan fingerprint density at radius 2 is 2.27 bits per heavy atom. The third kappa shape index (κ3) is 2.33. The van der Waals surface area contributed by atoms with E-state index >= 15 is 0 Å². The number of hydrogen-bond donors (Lipinski definition) is 2. The van der Waals surface area contributed by atoms with E-state index in [-0.39, 0.29) is 6.61 Å². The van der Waals surface area contributed by atoms with Crippen molar-refractivity contribution in [3.8, 4) is 0 Å². The third-order valence-electron chi connectivity index (χ3n) is 2.83. The van der Waals surface area contributed by atoms with Crippen LogP contribution in [0.5, 0.6) is 0 Å². The molecule has 0 bridgehead atoms. The number of β-amino-alcohol motifs (C(OH)–C–C–N with tert-alkyl or cyclic N) is 1. The molecule has 3 nitrogen and oxygen atoms in total.